The summed E-state index contributed by atoms with van der Waals surface area (Å²) in [5, 5.41) is 2.99. The molecule has 1 N–H and O–H groups in total. The summed E-state index contributed by atoms with van der Waals surface area (Å²) in [7, 11) is 0. The summed E-state index contributed by atoms with van der Waals surface area (Å²) in [5.74, 6) is 0.937. The van der Waals surface area contributed by atoms with Crippen LogP contribution in [0.15, 0.2) is 18.2 Å². The smallest absolute Gasteiger partial charge is 0.384 e. The zero-order chi connectivity index (χ0) is 14.2. The highest BCUT2D eigenvalue weighted by atomic mass is 19.4. The maximum Gasteiger partial charge on any atom is 0.418 e. The van der Waals surface area contributed by atoms with Crippen LogP contribution in [0.4, 0.5) is 18.9 Å². The Hall–Kier alpha value is -1.19. The summed E-state index contributed by atoms with van der Waals surface area (Å²) >= 11 is 0. The van der Waals surface area contributed by atoms with E-state index in [1.165, 1.54) is 38.2 Å². The lowest BCUT2D eigenvalue weighted by Gasteiger charge is -2.24. The van der Waals surface area contributed by atoms with E-state index in [2.05, 4.69) is 5.32 Å². The van der Waals surface area contributed by atoms with Crippen molar-refractivity contribution in [1.82, 2.24) is 0 Å². The molecule has 1 aromatic rings. The molecular formula is C16H20F3N. The number of anilines is 1. The molecule has 2 aliphatic rings. The second-order valence-electron chi connectivity index (χ2n) is 6.09. The van der Waals surface area contributed by atoms with Crippen LogP contribution in [0, 0.1) is 5.92 Å². The topological polar surface area (TPSA) is 12.0 Å². The molecule has 1 unspecified atom stereocenters. The first-order chi connectivity index (χ1) is 9.55. The van der Waals surface area contributed by atoms with E-state index >= 15 is 0 Å². The lowest BCUT2D eigenvalue weighted by Crippen LogP contribution is -2.12. The monoisotopic (exact) mass is 283 g/mol. The van der Waals surface area contributed by atoms with Gasteiger partial charge >= 0.3 is 6.18 Å². The van der Waals surface area contributed by atoms with Crippen molar-refractivity contribution in [3.8, 4) is 0 Å². The molecule has 0 bridgehead atoms. The van der Waals surface area contributed by atoms with Crippen molar-refractivity contribution in [2.75, 3.05) is 11.9 Å². The minimum atomic E-state index is -4.27. The van der Waals surface area contributed by atoms with Crippen molar-refractivity contribution >= 4 is 5.69 Å². The third kappa shape index (κ3) is 2.65. The van der Waals surface area contributed by atoms with E-state index in [4.69, 9.17) is 0 Å². The zero-order valence-corrected chi connectivity index (χ0v) is 11.5. The summed E-state index contributed by atoms with van der Waals surface area (Å²) in [5.41, 5.74) is 0.673. The molecule has 1 saturated carbocycles. The van der Waals surface area contributed by atoms with Crippen molar-refractivity contribution in [3.05, 3.63) is 29.3 Å². The SMILES string of the molecule is FC(F)(F)c1cccc2c1NCC2CC1CCCCC1. The Kier molecular flexibility index (Phi) is 3.65. The van der Waals surface area contributed by atoms with Gasteiger partial charge in [-0.3, -0.25) is 0 Å². The molecule has 1 nitrogen and oxygen atoms in total. The number of nitrogens with one attached hydrogen (secondary N) is 1. The summed E-state index contributed by atoms with van der Waals surface area (Å²) in [6, 6.07) is 4.58. The predicted molar refractivity (Wildman–Crippen MR) is 73.9 cm³/mol. The standard InChI is InChI=1S/C16H20F3N/c17-16(18,19)14-8-4-7-13-12(10-20-15(13)14)9-11-5-2-1-3-6-11/h4,7-8,11-12,20H,1-3,5-6,9-10H2. The molecule has 0 amide bonds. The fourth-order valence-corrected chi connectivity index (χ4v) is 3.71. The van der Waals surface area contributed by atoms with E-state index in [1.807, 2.05) is 6.07 Å². The lowest BCUT2D eigenvalue weighted by atomic mass is 9.81. The molecule has 0 saturated heterocycles. The Bertz CT molecular complexity index is 475. The van der Waals surface area contributed by atoms with Crippen LogP contribution >= 0.6 is 0 Å². The second kappa shape index (κ2) is 5.30. The summed E-state index contributed by atoms with van der Waals surface area (Å²) in [4.78, 5) is 0. The number of fused-ring (bicyclic) bond motifs is 1. The molecule has 0 aromatic heterocycles. The highest BCUT2D eigenvalue weighted by molar-refractivity contribution is 5.64. The van der Waals surface area contributed by atoms with Gasteiger partial charge in [-0.05, 0) is 24.0 Å². The van der Waals surface area contributed by atoms with Crippen molar-refractivity contribution in [2.45, 2.75) is 50.6 Å². The summed E-state index contributed by atoms with van der Waals surface area (Å²) in [6.07, 6.45) is 3.11. The van der Waals surface area contributed by atoms with Crippen LogP contribution in [0.3, 0.4) is 0 Å². The van der Waals surface area contributed by atoms with Crippen LogP contribution in [0.1, 0.15) is 55.6 Å². The maximum atomic E-state index is 13.0. The summed E-state index contributed by atoms with van der Waals surface area (Å²) in [6.45, 7) is 0.652. The third-order valence-electron chi connectivity index (χ3n) is 4.71. The Morgan fingerprint density at radius 1 is 1.10 bits per heavy atom. The normalized spacial score (nSPS) is 23.4. The number of para-hydroxylation sites is 1. The predicted octanol–water partition coefficient (Wildman–Crippen LogP) is 5.18. The first kappa shape index (κ1) is 13.8. The highest BCUT2D eigenvalue weighted by Gasteiger charge is 2.37. The third-order valence-corrected chi connectivity index (χ3v) is 4.71. The van der Waals surface area contributed by atoms with Gasteiger partial charge in [0.05, 0.1) is 5.56 Å². The van der Waals surface area contributed by atoms with Crippen molar-refractivity contribution in [2.24, 2.45) is 5.92 Å². The van der Waals surface area contributed by atoms with Gasteiger partial charge in [-0.25, -0.2) is 0 Å². The molecule has 1 aliphatic carbocycles. The fourth-order valence-electron chi connectivity index (χ4n) is 3.71. The summed E-state index contributed by atoms with van der Waals surface area (Å²) < 4.78 is 39.0. The zero-order valence-electron chi connectivity index (χ0n) is 11.5. The molecule has 1 aliphatic heterocycles. The molecule has 4 heteroatoms. The molecule has 20 heavy (non-hydrogen) atoms. The molecule has 1 fully saturated rings. The molecule has 0 radical (unpaired) electrons. The van der Waals surface area contributed by atoms with Crippen LogP contribution in [-0.2, 0) is 6.18 Å². The highest BCUT2D eigenvalue weighted by Crippen LogP contribution is 2.44. The minimum absolute atomic E-state index is 0.246. The van der Waals surface area contributed by atoms with E-state index in [0.29, 0.717) is 18.2 Å². The van der Waals surface area contributed by atoms with E-state index in [9.17, 15) is 13.2 Å². The molecule has 1 aromatic carbocycles. The van der Waals surface area contributed by atoms with Gasteiger partial charge in [0.15, 0.2) is 0 Å². The molecule has 1 heterocycles. The molecule has 0 spiro atoms. The lowest BCUT2D eigenvalue weighted by molar-refractivity contribution is -0.136. The van der Waals surface area contributed by atoms with Crippen molar-refractivity contribution < 1.29 is 13.2 Å². The van der Waals surface area contributed by atoms with Gasteiger partial charge in [-0.15, -0.1) is 0 Å². The van der Waals surface area contributed by atoms with Crippen LogP contribution in [0.2, 0.25) is 0 Å². The Balaban J connectivity index is 1.80. The van der Waals surface area contributed by atoms with E-state index in [-0.39, 0.29) is 5.92 Å². The number of halogens is 3. The van der Waals surface area contributed by atoms with Gasteiger partial charge in [0.25, 0.3) is 0 Å². The molecule has 1 atom stereocenters. The first-order valence-corrected chi connectivity index (χ1v) is 7.49. The van der Waals surface area contributed by atoms with Gasteiger partial charge < -0.3 is 5.32 Å². The Labute approximate surface area is 117 Å². The van der Waals surface area contributed by atoms with Gasteiger partial charge in [-0.1, -0.05) is 44.2 Å². The molecule has 3 rings (SSSR count). The van der Waals surface area contributed by atoms with E-state index in [0.717, 1.165) is 12.0 Å². The fraction of sp³-hybridized carbons (Fsp3) is 0.625. The number of hydrogen-bond acceptors (Lipinski definition) is 1. The number of alkyl halides is 3. The molecular weight excluding hydrogens is 263 g/mol. The Morgan fingerprint density at radius 3 is 2.55 bits per heavy atom. The van der Waals surface area contributed by atoms with Crippen LogP contribution < -0.4 is 5.32 Å². The second-order valence-corrected chi connectivity index (χ2v) is 6.09. The number of benzene rings is 1. The van der Waals surface area contributed by atoms with Gasteiger partial charge in [-0.2, -0.15) is 13.2 Å². The van der Waals surface area contributed by atoms with Crippen molar-refractivity contribution in [3.63, 3.8) is 0 Å². The van der Waals surface area contributed by atoms with E-state index < -0.39 is 11.7 Å². The average Bonchev–Trinajstić information content (AvgIpc) is 2.82. The average molecular weight is 283 g/mol. The first-order valence-electron chi connectivity index (χ1n) is 7.49. The number of hydrogen-bond donors (Lipinski definition) is 1. The maximum absolute atomic E-state index is 13.0. The van der Waals surface area contributed by atoms with Crippen molar-refractivity contribution in [1.29, 1.82) is 0 Å². The van der Waals surface area contributed by atoms with Crippen LogP contribution in [0.5, 0.6) is 0 Å². The van der Waals surface area contributed by atoms with Crippen LogP contribution in [-0.4, -0.2) is 6.54 Å². The van der Waals surface area contributed by atoms with Gasteiger partial charge in [0, 0.05) is 18.2 Å². The van der Waals surface area contributed by atoms with E-state index in [1.54, 1.807) is 6.07 Å². The minimum Gasteiger partial charge on any atom is -0.384 e. The Morgan fingerprint density at radius 2 is 1.85 bits per heavy atom. The quantitative estimate of drug-likeness (QED) is 0.788. The largest absolute Gasteiger partial charge is 0.418 e. The van der Waals surface area contributed by atoms with Crippen LogP contribution in [0.25, 0.3) is 0 Å². The number of rotatable bonds is 2. The van der Waals surface area contributed by atoms with Gasteiger partial charge in [0.2, 0.25) is 0 Å². The van der Waals surface area contributed by atoms with Gasteiger partial charge in [0.1, 0.15) is 0 Å². The molecule has 110 valence electrons.